The number of hydrogen-bond acceptors (Lipinski definition) is 3. The number of methoxy groups -OCH3 is 1. The van der Waals surface area contributed by atoms with Crippen molar-refractivity contribution in [2.75, 3.05) is 13.7 Å². The van der Waals surface area contributed by atoms with E-state index in [9.17, 15) is 4.79 Å². The largest absolute Gasteiger partial charge is 0.360 e. The number of nitrogens with zero attached hydrogens (tertiary/aromatic N) is 1. The molecule has 6 heteroatoms. The van der Waals surface area contributed by atoms with Gasteiger partial charge < -0.3 is 10.1 Å². The zero-order valence-corrected chi connectivity index (χ0v) is 13.2. The average molecular weight is 312 g/mol. The Morgan fingerprint density at radius 3 is 2.62 bits per heavy atom. The van der Waals surface area contributed by atoms with Gasteiger partial charge in [-0.3, -0.25) is 5.01 Å². The zero-order chi connectivity index (χ0) is 15.2. The van der Waals surface area contributed by atoms with Gasteiger partial charge in [-0.25, -0.2) is 10.2 Å². The molecule has 1 aromatic carbocycles. The number of nitrogens with one attached hydrogen (secondary N) is 2. The van der Waals surface area contributed by atoms with E-state index >= 15 is 0 Å². The first kappa shape index (κ1) is 16.1. The van der Waals surface area contributed by atoms with Gasteiger partial charge in [0.05, 0.1) is 6.04 Å². The van der Waals surface area contributed by atoms with E-state index in [1.54, 1.807) is 12.1 Å². The minimum Gasteiger partial charge on any atom is -0.360 e. The lowest BCUT2D eigenvalue weighted by atomic mass is 10.1. The minimum atomic E-state index is -0.402. The maximum Gasteiger partial charge on any atom is 0.333 e. The standard InChI is InChI=1S/C15H22ClN3O2/c1-3-4-5-10-19-15(20)17-14(21-2)13(18-19)11-6-8-12(16)9-7-11/h6-9,13-14,18H,3-5,10H2,1-2H3,(H,17,20). The summed E-state index contributed by atoms with van der Waals surface area (Å²) in [6.45, 7) is 2.82. The van der Waals surface area contributed by atoms with Gasteiger partial charge in [-0.1, -0.05) is 43.5 Å². The number of rotatable bonds is 6. The third kappa shape index (κ3) is 4.09. The first-order valence-electron chi connectivity index (χ1n) is 7.28. The number of halogens is 1. The lowest BCUT2D eigenvalue weighted by Gasteiger charge is -2.39. The first-order chi connectivity index (χ1) is 10.2. The number of ether oxygens (including phenoxy) is 1. The highest BCUT2D eigenvalue weighted by atomic mass is 35.5. The fraction of sp³-hybridized carbons (Fsp3) is 0.533. The third-order valence-corrected chi connectivity index (χ3v) is 3.83. The molecule has 2 unspecified atom stereocenters. The number of hydrogen-bond donors (Lipinski definition) is 2. The van der Waals surface area contributed by atoms with Gasteiger partial charge in [0.15, 0.2) is 6.23 Å². The van der Waals surface area contributed by atoms with Crippen molar-refractivity contribution >= 4 is 17.6 Å². The molecule has 21 heavy (non-hydrogen) atoms. The first-order valence-corrected chi connectivity index (χ1v) is 7.66. The maximum absolute atomic E-state index is 12.0. The van der Waals surface area contributed by atoms with Crippen molar-refractivity contribution in [3.63, 3.8) is 0 Å². The molecule has 0 bridgehead atoms. The summed E-state index contributed by atoms with van der Waals surface area (Å²) in [6.07, 6.45) is 2.80. The molecule has 0 saturated carbocycles. The highest BCUT2D eigenvalue weighted by Crippen LogP contribution is 2.23. The molecule has 2 rings (SSSR count). The average Bonchev–Trinajstić information content (AvgIpc) is 2.49. The van der Waals surface area contributed by atoms with E-state index in [1.165, 1.54) is 0 Å². The van der Waals surface area contributed by atoms with E-state index in [0.717, 1.165) is 24.8 Å². The van der Waals surface area contributed by atoms with E-state index in [0.29, 0.717) is 11.6 Å². The van der Waals surface area contributed by atoms with Gasteiger partial charge >= 0.3 is 6.03 Å². The monoisotopic (exact) mass is 311 g/mol. The van der Waals surface area contributed by atoms with E-state index in [2.05, 4.69) is 17.7 Å². The molecule has 2 amide bonds. The van der Waals surface area contributed by atoms with Crippen LogP contribution >= 0.6 is 11.6 Å². The fourth-order valence-electron chi connectivity index (χ4n) is 2.38. The lowest BCUT2D eigenvalue weighted by Crippen LogP contribution is -2.62. The van der Waals surface area contributed by atoms with Crippen LogP contribution in [0, 0.1) is 0 Å². The molecule has 0 spiro atoms. The molecule has 0 aliphatic carbocycles. The SMILES string of the molecule is CCCCCN1NC(c2ccc(Cl)cc2)C(OC)NC1=O. The van der Waals surface area contributed by atoms with Crippen LogP contribution < -0.4 is 10.7 Å². The highest BCUT2D eigenvalue weighted by molar-refractivity contribution is 6.30. The number of amides is 2. The van der Waals surface area contributed by atoms with Gasteiger partial charge in [0, 0.05) is 18.7 Å². The Hall–Kier alpha value is -1.30. The van der Waals surface area contributed by atoms with Crippen molar-refractivity contribution in [1.29, 1.82) is 0 Å². The molecule has 116 valence electrons. The minimum absolute atomic E-state index is 0.133. The van der Waals surface area contributed by atoms with E-state index in [4.69, 9.17) is 16.3 Å². The summed E-state index contributed by atoms with van der Waals surface area (Å²) in [5.41, 5.74) is 4.27. The van der Waals surface area contributed by atoms with Gasteiger partial charge in [0.1, 0.15) is 0 Å². The topological polar surface area (TPSA) is 53.6 Å². The molecule has 2 N–H and O–H groups in total. The summed E-state index contributed by atoms with van der Waals surface area (Å²) in [4.78, 5) is 12.0. The van der Waals surface area contributed by atoms with Crippen LogP contribution in [-0.4, -0.2) is 30.9 Å². The van der Waals surface area contributed by atoms with Crippen LogP contribution in [0.5, 0.6) is 0 Å². The molecule has 1 fully saturated rings. The highest BCUT2D eigenvalue weighted by Gasteiger charge is 2.33. The maximum atomic E-state index is 12.0. The van der Waals surface area contributed by atoms with Crippen LogP contribution in [-0.2, 0) is 4.74 Å². The molecule has 5 nitrogen and oxygen atoms in total. The van der Waals surface area contributed by atoms with Crippen LogP contribution in [0.1, 0.15) is 37.8 Å². The molecule has 0 aromatic heterocycles. The summed E-state index contributed by atoms with van der Waals surface area (Å²) in [5, 5.41) is 5.19. The molecule has 0 radical (unpaired) electrons. The predicted octanol–water partition coefficient (Wildman–Crippen LogP) is 3.07. The number of benzene rings is 1. The lowest BCUT2D eigenvalue weighted by molar-refractivity contribution is -0.00627. The van der Waals surface area contributed by atoms with Crippen molar-refractivity contribution in [2.45, 2.75) is 38.5 Å². The van der Waals surface area contributed by atoms with E-state index in [1.807, 2.05) is 24.3 Å². The molecule has 1 aromatic rings. The van der Waals surface area contributed by atoms with Gasteiger partial charge in [-0.2, -0.15) is 0 Å². The quantitative estimate of drug-likeness (QED) is 0.794. The number of urea groups is 1. The van der Waals surface area contributed by atoms with Crippen LogP contribution in [0.2, 0.25) is 5.02 Å². The molecule has 1 saturated heterocycles. The third-order valence-electron chi connectivity index (χ3n) is 3.58. The smallest absolute Gasteiger partial charge is 0.333 e. The Morgan fingerprint density at radius 1 is 1.29 bits per heavy atom. The van der Waals surface area contributed by atoms with E-state index in [-0.39, 0.29) is 12.1 Å². The Labute approximate surface area is 130 Å². The predicted molar refractivity (Wildman–Crippen MR) is 82.9 cm³/mol. The molecular weight excluding hydrogens is 290 g/mol. The Kier molecular flexibility index (Phi) is 5.85. The van der Waals surface area contributed by atoms with E-state index < -0.39 is 6.23 Å². The van der Waals surface area contributed by atoms with Crippen LogP contribution in [0.4, 0.5) is 4.79 Å². The van der Waals surface area contributed by atoms with Crippen molar-refractivity contribution in [1.82, 2.24) is 15.8 Å². The summed E-state index contributed by atoms with van der Waals surface area (Å²) in [7, 11) is 1.59. The summed E-state index contributed by atoms with van der Waals surface area (Å²) in [5.74, 6) is 0. The van der Waals surface area contributed by atoms with Crippen molar-refractivity contribution < 1.29 is 9.53 Å². The van der Waals surface area contributed by atoms with Crippen molar-refractivity contribution in [3.8, 4) is 0 Å². The second kappa shape index (κ2) is 7.64. The Morgan fingerprint density at radius 2 is 2.00 bits per heavy atom. The fourth-order valence-corrected chi connectivity index (χ4v) is 2.50. The van der Waals surface area contributed by atoms with Crippen molar-refractivity contribution in [2.24, 2.45) is 0 Å². The summed E-state index contributed by atoms with van der Waals surface area (Å²) >= 11 is 5.93. The Bertz CT molecular complexity index is 466. The normalized spacial score (nSPS) is 22.2. The van der Waals surface area contributed by atoms with Crippen LogP contribution in [0.25, 0.3) is 0 Å². The van der Waals surface area contributed by atoms with Gasteiger partial charge in [0.25, 0.3) is 0 Å². The zero-order valence-electron chi connectivity index (χ0n) is 12.4. The van der Waals surface area contributed by atoms with Crippen LogP contribution in [0.15, 0.2) is 24.3 Å². The number of carbonyl (C=O) groups excluding carboxylic acids is 1. The number of unbranched alkanes of at least 4 members (excludes halogenated alkanes) is 2. The van der Waals surface area contributed by atoms with Gasteiger partial charge in [0.2, 0.25) is 0 Å². The Balaban J connectivity index is 2.09. The number of hydrazine groups is 1. The van der Waals surface area contributed by atoms with Gasteiger partial charge in [-0.05, 0) is 24.1 Å². The molecule has 1 aliphatic rings. The summed E-state index contributed by atoms with van der Waals surface area (Å²) in [6, 6.07) is 7.27. The molecule has 2 atom stereocenters. The molecular formula is C15H22ClN3O2. The molecule has 1 heterocycles. The van der Waals surface area contributed by atoms with Crippen LogP contribution in [0.3, 0.4) is 0 Å². The number of carbonyl (C=O) groups is 1. The van der Waals surface area contributed by atoms with Gasteiger partial charge in [-0.15, -0.1) is 0 Å². The summed E-state index contributed by atoms with van der Waals surface area (Å²) < 4.78 is 5.38. The van der Waals surface area contributed by atoms with Crippen molar-refractivity contribution in [3.05, 3.63) is 34.9 Å². The second-order valence-corrected chi connectivity index (χ2v) is 5.56. The molecule has 1 aliphatic heterocycles. The second-order valence-electron chi connectivity index (χ2n) is 5.12.